The number of rotatable bonds is 5. The zero-order valence-corrected chi connectivity index (χ0v) is 15.3. The molecule has 3 rings (SSSR count). The van der Waals surface area contributed by atoms with E-state index >= 15 is 0 Å². The molecule has 0 saturated carbocycles. The number of amides is 1. The summed E-state index contributed by atoms with van der Waals surface area (Å²) in [6.07, 6.45) is 2.21. The van der Waals surface area contributed by atoms with Crippen molar-refractivity contribution in [3.63, 3.8) is 0 Å². The molecule has 1 amide bonds. The highest BCUT2D eigenvalue weighted by molar-refractivity contribution is 5.93. The molecular formula is C19H23N3O5. The van der Waals surface area contributed by atoms with Gasteiger partial charge >= 0.3 is 5.97 Å². The summed E-state index contributed by atoms with van der Waals surface area (Å²) in [4.78, 5) is 30.5. The van der Waals surface area contributed by atoms with Crippen LogP contribution in [0.4, 0.5) is 0 Å². The number of ether oxygens (including phenoxy) is 1. The Morgan fingerprint density at radius 1 is 1.41 bits per heavy atom. The van der Waals surface area contributed by atoms with Gasteiger partial charge < -0.3 is 24.4 Å². The molecule has 0 unspecified atom stereocenters. The van der Waals surface area contributed by atoms with E-state index in [1.165, 1.54) is 24.5 Å². The summed E-state index contributed by atoms with van der Waals surface area (Å²) in [5.41, 5.74) is -0.378. The molecule has 0 spiro atoms. The molecule has 8 heteroatoms. The average molecular weight is 373 g/mol. The van der Waals surface area contributed by atoms with Gasteiger partial charge in [0, 0.05) is 20.1 Å². The van der Waals surface area contributed by atoms with Gasteiger partial charge in [0.25, 0.3) is 5.91 Å². The highest BCUT2D eigenvalue weighted by atomic mass is 16.5. The molecule has 144 valence electrons. The van der Waals surface area contributed by atoms with Crippen LogP contribution in [-0.2, 0) is 18.3 Å². The van der Waals surface area contributed by atoms with E-state index in [2.05, 4.69) is 4.98 Å². The molecule has 0 aliphatic carbocycles. The summed E-state index contributed by atoms with van der Waals surface area (Å²) < 4.78 is 6.80. The lowest BCUT2D eigenvalue weighted by Crippen LogP contribution is -2.58. The average Bonchev–Trinajstić information content (AvgIpc) is 3.09. The molecule has 8 nitrogen and oxygen atoms in total. The van der Waals surface area contributed by atoms with Crippen LogP contribution in [0.15, 0.2) is 36.8 Å². The van der Waals surface area contributed by atoms with Gasteiger partial charge in [0.05, 0.1) is 25.7 Å². The minimum absolute atomic E-state index is 0.0786. The number of carboxylic acid groups (broad SMARTS) is 1. The molecule has 2 atom stereocenters. The van der Waals surface area contributed by atoms with Crippen LogP contribution in [0.25, 0.3) is 0 Å². The third-order valence-corrected chi connectivity index (χ3v) is 5.19. The van der Waals surface area contributed by atoms with Gasteiger partial charge in [0.1, 0.15) is 16.9 Å². The number of likely N-dealkylation sites (tertiary alicyclic amines) is 1. The number of hydrogen-bond donors (Lipinski definition) is 2. The number of carboxylic acids is 1. The second-order valence-electron chi connectivity index (χ2n) is 6.91. The Bertz CT molecular complexity index is 849. The number of aliphatic hydroxyl groups is 1. The number of carbonyl (C=O) groups is 2. The van der Waals surface area contributed by atoms with Gasteiger partial charge in [-0.25, -0.2) is 4.98 Å². The number of aromatic nitrogens is 2. The maximum absolute atomic E-state index is 12.8. The molecule has 1 aromatic heterocycles. The summed E-state index contributed by atoms with van der Waals surface area (Å²) in [5, 5.41) is 20.6. The Hall–Kier alpha value is -2.87. The summed E-state index contributed by atoms with van der Waals surface area (Å²) in [6, 6.07) is 7.09. The Morgan fingerprint density at radius 2 is 2.19 bits per heavy atom. The number of aliphatic hydroxyl groups excluding tert-OH is 1. The summed E-state index contributed by atoms with van der Waals surface area (Å²) >= 11 is 0. The molecule has 2 aromatic rings. The van der Waals surface area contributed by atoms with E-state index in [0.717, 1.165) is 5.56 Å². The molecular weight excluding hydrogens is 350 g/mol. The van der Waals surface area contributed by atoms with E-state index in [1.54, 1.807) is 35.9 Å². The number of piperidine rings is 1. The first-order chi connectivity index (χ1) is 12.9. The molecule has 0 bridgehead atoms. The maximum Gasteiger partial charge on any atom is 0.314 e. The van der Waals surface area contributed by atoms with E-state index in [9.17, 15) is 19.8 Å². The van der Waals surface area contributed by atoms with Gasteiger partial charge in [-0.1, -0.05) is 12.1 Å². The first-order valence-corrected chi connectivity index (χ1v) is 8.67. The number of hydrogen-bond acceptors (Lipinski definition) is 5. The summed E-state index contributed by atoms with van der Waals surface area (Å²) in [5.74, 6) is -0.806. The predicted octanol–water partition coefficient (Wildman–Crippen LogP) is 0.949. The Kier molecular flexibility index (Phi) is 5.18. The minimum atomic E-state index is -1.49. The standard InChI is InChI=1S/C19H23N3O5/c1-21-12-20-10-15(21)17(24)22-7-6-16(23)19(11-22,18(25)26)9-13-4-3-5-14(8-13)27-2/h3-5,8,10,12,16,23H,6-7,9,11H2,1-2H3,(H,25,26)/t16-,19+/m0/s1. The van der Waals surface area contributed by atoms with Crippen molar-refractivity contribution < 1.29 is 24.5 Å². The zero-order valence-electron chi connectivity index (χ0n) is 15.3. The number of methoxy groups -OCH3 is 1. The molecule has 1 aliphatic heterocycles. The molecule has 1 saturated heterocycles. The second-order valence-corrected chi connectivity index (χ2v) is 6.91. The zero-order chi connectivity index (χ0) is 19.6. The van der Waals surface area contributed by atoms with Gasteiger partial charge in [0.15, 0.2) is 0 Å². The maximum atomic E-state index is 12.8. The van der Waals surface area contributed by atoms with Crippen LogP contribution in [0, 0.1) is 5.41 Å². The fourth-order valence-corrected chi connectivity index (χ4v) is 3.58. The van der Waals surface area contributed by atoms with Crippen LogP contribution >= 0.6 is 0 Å². The lowest BCUT2D eigenvalue weighted by molar-refractivity contribution is -0.161. The van der Waals surface area contributed by atoms with Crippen molar-refractivity contribution in [2.24, 2.45) is 12.5 Å². The van der Waals surface area contributed by atoms with Gasteiger partial charge in [0.2, 0.25) is 0 Å². The molecule has 2 N–H and O–H groups in total. The van der Waals surface area contributed by atoms with Crippen LogP contribution in [-0.4, -0.2) is 62.8 Å². The Morgan fingerprint density at radius 3 is 2.81 bits per heavy atom. The van der Waals surface area contributed by atoms with Crippen molar-refractivity contribution in [3.05, 3.63) is 48.0 Å². The Balaban J connectivity index is 1.91. The number of imidazole rings is 1. The second kappa shape index (κ2) is 7.40. The van der Waals surface area contributed by atoms with Gasteiger partial charge in [-0.2, -0.15) is 0 Å². The van der Waals surface area contributed by atoms with Gasteiger partial charge in [-0.05, 0) is 30.5 Å². The Labute approximate surface area is 157 Å². The lowest BCUT2D eigenvalue weighted by atomic mass is 9.72. The highest BCUT2D eigenvalue weighted by Crippen LogP contribution is 2.36. The number of carbonyl (C=O) groups excluding carboxylic acids is 1. The quantitative estimate of drug-likeness (QED) is 0.809. The van der Waals surface area contributed by atoms with Crippen LogP contribution in [0.3, 0.4) is 0 Å². The number of aliphatic carboxylic acids is 1. The molecule has 1 fully saturated rings. The fourth-order valence-electron chi connectivity index (χ4n) is 3.58. The van der Waals surface area contributed by atoms with Crippen LogP contribution in [0.1, 0.15) is 22.5 Å². The van der Waals surface area contributed by atoms with Crippen molar-refractivity contribution in [2.45, 2.75) is 18.9 Å². The van der Waals surface area contributed by atoms with E-state index in [4.69, 9.17) is 4.74 Å². The third-order valence-electron chi connectivity index (χ3n) is 5.19. The predicted molar refractivity (Wildman–Crippen MR) is 96.5 cm³/mol. The number of nitrogens with zero attached hydrogens (tertiary/aromatic N) is 3. The van der Waals surface area contributed by atoms with Crippen molar-refractivity contribution in [3.8, 4) is 5.75 Å². The smallest absolute Gasteiger partial charge is 0.314 e. The molecule has 2 heterocycles. The topological polar surface area (TPSA) is 105 Å². The molecule has 1 aliphatic rings. The van der Waals surface area contributed by atoms with Crippen molar-refractivity contribution in [1.29, 1.82) is 0 Å². The van der Waals surface area contributed by atoms with Gasteiger partial charge in [-0.3, -0.25) is 9.59 Å². The first-order valence-electron chi connectivity index (χ1n) is 8.67. The van der Waals surface area contributed by atoms with Crippen molar-refractivity contribution in [2.75, 3.05) is 20.2 Å². The molecule has 0 radical (unpaired) electrons. The number of benzene rings is 1. The lowest BCUT2D eigenvalue weighted by Gasteiger charge is -2.43. The third kappa shape index (κ3) is 3.52. The highest BCUT2D eigenvalue weighted by Gasteiger charge is 2.50. The summed E-state index contributed by atoms with van der Waals surface area (Å²) in [7, 11) is 3.25. The van der Waals surface area contributed by atoms with Crippen LogP contribution in [0.2, 0.25) is 0 Å². The number of aryl methyl sites for hydroxylation is 1. The van der Waals surface area contributed by atoms with E-state index in [1.807, 2.05) is 0 Å². The van der Waals surface area contributed by atoms with Crippen molar-refractivity contribution >= 4 is 11.9 Å². The van der Waals surface area contributed by atoms with E-state index < -0.39 is 17.5 Å². The molecule has 27 heavy (non-hydrogen) atoms. The van der Waals surface area contributed by atoms with Crippen LogP contribution in [0.5, 0.6) is 5.75 Å². The molecule has 1 aromatic carbocycles. The fraction of sp³-hybridized carbons (Fsp3) is 0.421. The largest absolute Gasteiger partial charge is 0.497 e. The summed E-state index contributed by atoms with van der Waals surface area (Å²) in [6.45, 7) is 0.211. The minimum Gasteiger partial charge on any atom is -0.497 e. The first kappa shape index (κ1) is 18.9. The van der Waals surface area contributed by atoms with Crippen LogP contribution < -0.4 is 4.74 Å². The SMILES string of the molecule is COc1cccc(C[C@@]2(C(=O)O)CN(C(=O)c3cncn3C)CC[C@@H]2O)c1. The van der Waals surface area contributed by atoms with Gasteiger partial charge in [-0.15, -0.1) is 0 Å². The van der Waals surface area contributed by atoms with E-state index in [-0.39, 0.29) is 25.3 Å². The monoisotopic (exact) mass is 373 g/mol. The normalized spacial score (nSPS) is 22.5. The van der Waals surface area contributed by atoms with E-state index in [0.29, 0.717) is 18.0 Å². The van der Waals surface area contributed by atoms with Crippen molar-refractivity contribution in [1.82, 2.24) is 14.5 Å².